The van der Waals surface area contributed by atoms with Gasteiger partial charge in [0.05, 0.1) is 25.2 Å². The molecule has 0 radical (unpaired) electrons. The molecule has 0 spiro atoms. The number of carbonyl (C=O) groups excluding carboxylic acids is 1. The quantitative estimate of drug-likeness (QED) is 0.626. The Morgan fingerprint density at radius 1 is 1.41 bits per heavy atom. The Kier molecular flexibility index (Phi) is 6.11. The van der Waals surface area contributed by atoms with Gasteiger partial charge in [-0.2, -0.15) is 0 Å². The van der Waals surface area contributed by atoms with Crippen LogP contribution in [0, 0.1) is 5.92 Å². The van der Waals surface area contributed by atoms with Crippen molar-refractivity contribution in [1.29, 1.82) is 0 Å². The second-order valence-corrected chi connectivity index (χ2v) is 5.86. The smallest absolute Gasteiger partial charge is 0.307 e. The number of esters is 1. The summed E-state index contributed by atoms with van der Waals surface area (Å²) in [5, 5.41) is 8.66. The third-order valence-electron chi connectivity index (χ3n) is 2.22. The lowest BCUT2D eigenvalue weighted by atomic mass is 10.2. The van der Waals surface area contributed by atoms with E-state index in [1.807, 2.05) is 0 Å². The SMILES string of the molecule is COC(=O)CCS(=O)(=O)N(C)CC(C)C(=O)O. The van der Waals surface area contributed by atoms with Crippen LogP contribution >= 0.6 is 0 Å². The lowest BCUT2D eigenvalue weighted by molar-refractivity contribution is -0.141. The highest BCUT2D eigenvalue weighted by molar-refractivity contribution is 7.89. The number of methoxy groups -OCH3 is 1. The highest BCUT2D eigenvalue weighted by Crippen LogP contribution is 2.06. The molecule has 8 heteroatoms. The number of nitrogens with zero attached hydrogens (tertiary/aromatic N) is 1. The van der Waals surface area contributed by atoms with Crippen molar-refractivity contribution in [2.45, 2.75) is 13.3 Å². The van der Waals surface area contributed by atoms with Gasteiger partial charge in [0.15, 0.2) is 0 Å². The maximum Gasteiger partial charge on any atom is 0.307 e. The van der Waals surface area contributed by atoms with Crippen molar-refractivity contribution in [3.05, 3.63) is 0 Å². The second kappa shape index (κ2) is 6.55. The first-order valence-corrected chi connectivity index (χ1v) is 6.55. The molecule has 17 heavy (non-hydrogen) atoms. The van der Waals surface area contributed by atoms with Crippen LogP contribution in [-0.4, -0.2) is 56.2 Å². The van der Waals surface area contributed by atoms with Gasteiger partial charge in [-0.05, 0) is 0 Å². The number of ether oxygens (including phenoxy) is 1. The van der Waals surface area contributed by atoms with Gasteiger partial charge in [-0.25, -0.2) is 12.7 Å². The van der Waals surface area contributed by atoms with Crippen LogP contribution in [0.2, 0.25) is 0 Å². The third-order valence-corrected chi connectivity index (χ3v) is 4.04. The van der Waals surface area contributed by atoms with Crippen LogP contribution < -0.4 is 0 Å². The van der Waals surface area contributed by atoms with Crippen molar-refractivity contribution < 1.29 is 27.9 Å². The highest BCUT2D eigenvalue weighted by Gasteiger charge is 2.23. The fourth-order valence-corrected chi connectivity index (χ4v) is 2.23. The first-order valence-electron chi connectivity index (χ1n) is 4.94. The van der Waals surface area contributed by atoms with Crippen LogP contribution in [0.25, 0.3) is 0 Å². The van der Waals surface area contributed by atoms with Gasteiger partial charge in [0.25, 0.3) is 0 Å². The van der Waals surface area contributed by atoms with E-state index < -0.39 is 27.9 Å². The number of aliphatic carboxylic acids is 1. The molecule has 0 amide bonds. The molecular formula is C9H17NO6S. The van der Waals surface area contributed by atoms with E-state index in [2.05, 4.69) is 4.74 Å². The number of rotatable bonds is 7. The molecule has 0 aliphatic rings. The molecule has 0 saturated carbocycles. The summed E-state index contributed by atoms with van der Waals surface area (Å²) in [6, 6.07) is 0. The second-order valence-electron chi connectivity index (χ2n) is 3.66. The van der Waals surface area contributed by atoms with Crippen molar-refractivity contribution in [2.75, 3.05) is 26.5 Å². The molecule has 0 bridgehead atoms. The maximum atomic E-state index is 11.6. The number of carboxylic acid groups (broad SMARTS) is 1. The molecule has 0 aliphatic heterocycles. The zero-order chi connectivity index (χ0) is 13.6. The van der Waals surface area contributed by atoms with Crippen molar-refractivity contribution in [2.24, 2.45) is 5.92 Å². The van der Waals surface area contributed by atoms with Crippen LogP contribution in [0.5, 0.6) is 0 Å². The fraction of sp³-hybridized carbons (Fsp3) is 0.778. The maximum absolute atomic E-state index is 11.6. The van der Waals surface area contributed by atoms with E-state index in [1.165, 1.54) is 21.1 Å². The van der Waals surface area contributed by atoms with E-state index in [0.717, 1.165) is 4.31 Å². The zero-order valence-corrected chi connectivity index (χ0v) is 10.9. The van der Waals surface area contributed by atoms with E-state index in [4.69, 9.17) is 5.11 Å². The minimum atomic E-state index is -3.62. The molecule has 0 saturated heterocycles. The molecule has 1 unspecified atom stereocenters. The van der Waals surface area contributed by atoms with Gasteiger partial charge in [-0.1, -0.05) is 6.92 Å². The van der Waals surface area contributed by atoms with Crippen molar-refractivity contribution in [1.82, 2.24) is 4.31 Å². The van der Waals surface area contributed by atoms with Crippen LogP contribution in [0.4, 0.5) is 0 Å². The molecule has 0 aromatic heterocycles. The van der Waals surface area contributed by atoms with Crippen molar-refractivity contribution >= 4 is 22.0 Å². The minimum Gasteiger partial charge on any atom is -0.481 e. The largest absolute Gasteiger partial charge is 0.481 e. The molecule has 0 heterocycles. The predicted molar refractivity (Wildman–Crippen MR) is 59.8 cm³/mol. The zero-order valence-electron chi connectivity index (χ0n) is 10.0. The third kappa shape index (κ3) is 5.64. The number of carboxylic acids is 1. The lowest BCUT2D eigenvalue weighted by Crippen LogP contribution is -2.35. The molecule has 1 N–H and O–H groups in total. The van der Waals surface area contributed by atoms with E-state index >= 15 is 0 Å². The topological polar surface area (TPSA) is 101 Å². The number of hydrogen-bond acceptors (Lipinski definition) is 5. The van der Waals surface area contributed by atoms with Gasteiger partial charge in [0, 0.05) is 13.6 Å². The summed E-state index contributed by atoms with van der Waals surface area (Å²) >= 11 is 0. The van der Waals surface area contributed by atoms with Crippen LogP contribution in [0.15, 0.2) is 0 Å². The van der Waals surface area contributed by atoms with Crippen LogP contribution in [0.3, 0.4) is 0 Å². The molecule has 100 valence electrons. The summed E-state index contributed by atoms with van der Waals surface area (Å²) in [7, 11) is -1.17. The predicted octanol–water partition coefficient (Wildman–Crippen LogP) is -0.468. The standard InChI is InChI=1S/C9H17NO6S/c1-7(9(12)13)6-10(2)17(14,15)5-4-8(11)16-3/h7H,4-6H2,1-3H3,(H,12,13). The molecule has 0 aliphatic carbocycles. The Bertz CT molecular complexity index is 377. The number of sulfonamides is 1. The normalized spacial score (nSPS) is 13.4. The van der Waals surface area contributed by atoms with E-state index in [9.17, 15) is 18.0 Å². The van der Waals surface area contributed by atoms with Crippen molar-refractivity contribution in [3.8, 4) is 0 Å². The Morgan fingerprint density at radius 2 is 1.94 bits per heavy atom. The van der Waals surface area contributed by atoms with Gasteiger partial charge in [-0.15, -0.1) is 0 Å². The molecule has 0 fully saturated rings. The first kappa shape index (κ1) is 15.9. The van der Waals surface area contributed by atoms with Gasteiger partial charge >= 0.3 is 11.9 Å². The van der Waals surface area contributed by atoms with Crippen LogP contribution in [0.1, 0.15) is 13.3 Å². The summed E-state index contributed by atoms with van der Waals surface area (Å²) < 4.78 is 28.5. The summed E-state index contributed by atoms with van der Waals surface area (Å²) in [4.78, 5) is 21.4. The first-order chi connectivity index (χ1) is 7.70. The number of hydrogen-bond donors (Lipinski definition) is 1. The summed E-state index contributed by atoms with van der Waals surface area (Å²) in [5.74, 6) is -2.87. The Labute approximate surface area is 100 Å². The van der Waals surface area contributed by atoms with Gasteiger partial charge in [-0.3, -0.25) is 9.59 Å². The Hall–Kier alpha value is -1.15. The fourth-order valence-electron chi connectivity index (χ4n) is 1.05. The number of carbonyl (C=O) groups is 2. The summed E-state index contributed by atoms with van der Waals surface area (Å²) in [6.45, 7) is 1.29. The van der Waals surface area contributed by atoms with E-state index in [-0.39, 0.29) is 18.7 Å². The lowest BCUT2D eigenvalue weighted by Gasteiger charge is -2.18. The Morgan fingerprint density at radius 3 is 2.35 bits per heavy atom. The highest BCUT2D eigenvalue weighted by atomic mass is 32.2. The van der Waals surface area contributed by atoms with Gasteiger partial charge in [0.1, 0.15) is 0 Å². The average Bonchev–Trinajstić information content (AvgIpc) is 2.25. The van der Waals surface area contributed by atoms with E-state index in [0.29, 0.717) is 0 Å². The van der Waals surface area contributed by atoms with Gasteiger partial charge < -0.3 is 9.84 Å². The minimum absolute atomic E-state index is 0.126. The monoisotopic (exact) mass is 267 g/mol. The average molecular weight is 267 g/mol. The molecule has 0 aromatic rings. The molecule has 7 nitrogen and oxygen atoms in total. The molecule has 0 aromatic carbocycles. The molecule has 0 rings (SSSR count). The Balaban J connectivity index is 4.40. The summed E-state index contributed by atoms with van der Waals surface area (Å²) in [5.41, 5.74) is 0. The van der Waals surface area contributed by atoms with E-state index in [1.54, 1.807) is 0 Å². The van der Waals surface area contributed by atoms with Crippen molar-refractivity contribution in [3.63, 3.8) is 0 Å². The van der Waals surface area contributed by atoms with Crippen LogP contribution in [-0.2, 0) is 24.3 Å². The molecular weight excluding hydrogens is 250 g/mol. The summed E-state index contributed by atoms with van der Waals surface area (Å²) in [6.07, 6.45) is -0.245. The van der Waals surface area contributed by atoms with Gasteiger partial charge in [0.2, 0.25) is 10.0 Å². The molecule has 1 atom stereocenters.